The lowest BCUT2D eigenvalue weighted by molar-refractivity contribution is -0.142. The summed E-state index contributed by atoms with van der Waals surface area (Å²) >= 11 is 0. The van der Waals surface area contributed by atoms with Crippen molar-refractivity contribution >= 4 is 11.9 Å². The summed E-state index contributed by atoms with van der Waals surface area (Å²) in [5.74, 6) is -1.75. The summed E-state index contributed by atoms with van der Waals surface area (Å²) in [4.78, 5) is 22.7. The van der Waals surface area contributed by atoms with Gasteiger partial charge in [-0.15, -0.1) is 5.10 Å². The second-order valence-electron chi connectivity index (χ2n) is 5.70. The van der Waals surface area contributed by atoms with Crippen molar-refractivity contribution in [3.05, 3.63) is 12.4 Å². The van der Waals surface area contributed by atoms with Crippen LogP contribution in [0.25, 0.3) is 0 Å². The zero-order chi connectivity index (χ0) is 14.5. The molecule has 0 spiro atoms. The van der Waals surface area contributed by atoms with E-state index in [1.807, 2.05) is 20.8 Å². The molecule has 0 radical (unpaired) electrons. The molecule has 2 N–H and O–H groups in total. The third-order valence-electron chi connectivity index (χ3n) is 2.53. The molecular weight excluding hydrogens is 248 g/mol. The molecular formula is C12H20N4O3. The van der Waals surface area contributed by atoms with Gasteiger partial charge in [0.1, 0.15) is 6.54 Å². The van der Waals surface area contributed by atoms with Crippen molar-refractivity contribution in [2.75, 3.05) is 6.54 Å². The van der Waals surface area contributed by atoms with E-state index in [4.69, 9.17) is 5.11 Å². The van der Waals surface area contributed by atoms with Crippen molar-refractivity contribution < 1.29 is 14.7 Å². The number of carboxylic acids is 1. The molecule has 1 aromatic rings. The first-order valence-corrected chi connectivity index (χ1v) is 6.11. The minimum atomic E-state index is -0.893. The highest BCUT2D eigenvalue weighted by atomic mass is 16.4. The molecule has 0 saturated carbocycles. The predicted molar refractivity (Wildman–Crippen MR) is 68.2 cm³/mol. The average Bonchev–Trinajstić information content (AvgIpc) is 2.75. The van der Waals surface area contributed by atoms with Crippen LogP contribution in [-0.2, 0) is 16.1 Å². The van der Waals surface area contributed by atoms with Crippen LogP contribution in [0.15, 0.2) is 12.4 Å². The topological polar surface area (TPSA) is 97.1 Å². The number of carbonyl (C=O) groups is 2. The first kappa shape index (κ1) is 15.1. The van der Waals surface area contributed by atoms with Crippen LogP contribution in [-0.4, -0.2) is 38.5 Å². The van der Waals surface area contributed by atoms with Gasteiger partial charge in [0.15, 0.2) is 0 Å². The lowest BCUT2D eigenvalue weighted by Crippen LogP contribution is -2.36. The number of nitrogens with zero attached hydrogens (tertiary/aromatic N) is 3. The molecule has 0 aliphatic carbocycles. The van der Waals surface area contributed by atoms with Gasteiger partial charge in [0, 0.05) is 12.7 Å². The average molecular weight is 268 g/mol. The zero-order valence-corrected chi connectivity index (χ0v) is 11.5. The van der Waals surface area contributed by atoms with Crippen molar-refractivity contribution in [3.8, 4) is 0 Å². The number of hydrogen-bond donors (Lipinski definition) is 2. The largest absolute Gasteiger partial charge is 0.481 e. The molecule has 1 atom stereocenters. The molecule has 0 bridgehead atoms. The summed E-state index contributed by atoms with van der Waals surface area (Å²) in [6.07, 6.45) is 3.56. The highest BCUT2D eigenvalue weighted by molar-refractivity contribution is 5.77. The standard InChI is InChI=1S/C12H20N4O3/c1-12(2,3)6-9(11(18)19)7-13-10(17)8-16-5-4-14-15-16/h4-5,9H,6-8H2,1-3H3,(H,13,17)(H,18,19). The van der Waals surface area contributed by atoms with Crippen LogP contribution in [0.4, 0.5) is 0 Å². The Bertz CT molecular complexity index is 423. The van der Waals surface area contributed by atoms with E-state index in [1.54, 1.807) is 6.20 Å². The summed E-state index contributed by atoms with van der Waals surface area (Å²) < 4.78 is 1.38. The number of aromatic nitrogens is 3. The van der Waals surface area contributed by atoms with Gasteiger partial charge in [0.25, 0.3) is 0 Å². The molecule has 7 nitrogen and oxygen atoms in total. The number of carboxylic acid groups (broad SMARTS) is 1. The van der Waals surface area contributed by atoms with Gasteiger partial charge in [-0.1, -0.05) is 26.0 Å². The van der Waals surface area contributed by atoms with E-state index in [9.17, 15) is 9.59 Å². The van der Waals surface area contributed by atoms with E-state index in [-0.39, 0.29) is 24.4 Å². The molecule has 106 valence electrons. The monoisotopic (exact) mass is 268 g/mol. The van der Waals surface area contributed by atoms with Crippen LogP contribution >= 0.6 is 0 Å². The molecule has 1 rings (SSSR count). The summed E-state index contributed by atoms with van der Waals surface area (Å²) in [7, 11) is 0. The van der Waals surface area contributed by atoms with Crippen LogP contribution in [0.5, 0.6) is 0 Å². The van der Waals surface area contributed by atoms with Crippen LogP contribution in [0.2, 0.25) is 0 Å². The van der Waals surface area contributed by atoms with E-state index in [2.05, 4.69) is 15.6 Å². The van der Waals surface area contributed by atoms with E-state index in [1.165, 1.54) is 10.9 Å². The fourth-order valence-corrected chi connectivity index (χ4v) is 1.74. The van der Waals surface area contributed by atoms with E-state index in [0.29, 0.717) is 6.42 Å². The van der Waals surface area contributed by atoms with Crippen LogP contribution in [0, 0.1) is 11.3 Å². The highest BCUT2D eigenvalue weighted by Gasteiger charge is 2.24. The molecule has 0 aliphatic rings. The molecule has 0 aromatic carbocycles. The number of hydrogen-bond acceptors (Lipinski definition) is 4. The molecule has 1 unspecified atom stereocenters. The first-order valence-electron chi connectivity index (χ1n) is 6.11. The lowest BCUT2D eigenvalue weighted by Gasteiger charge is -2.23. The second-order valence-corrected chi connectivity index (χ2v) is 5.70. The van der Waals surface area contributed by atoms with Crippen LogP contribution in [0.3, 0.4) is 0 Å². The predicted octanol–water partition coefficient (Wildman–Crippen LogP) is 0.531. The molecule has 7 heteroatoms. The molecule has 19 heavy (non-hydrogen) atoms. The summed E-state index contributed by atoms with van der Waals surface area (Å²) in [5, 5.41) is 19.0. The summed E-state index contributed by atoms with van der Waals surface area (Å²) in [6, 6.07) is 0. The minimum Gasteiger partial charge on any atom is -0.481 e. The fraction of sp³-hybridized carbons (Fsp3) is 0.667. The number of aliphatic carboxylic acids is 1. The van der Waals surface area contributed by atoms with Gasteiger partial charge in [-0.25, -0.2) is 4.68 Å². The third-order valence-corrected chi connectivity index (χ3v) is 2.53. The quantitative estimate of drug-likeness (QED) is 0.784. The Balaban J connectivity index is 2.43. The number of carbonyl (C=O) groups excluding carboxylic acids is 1. The number of amides is 1. The smallest absolute Gasteiger partial charge is 0.308 e. The van der Waals surface area contributed by atoms with E-state index < -0.39 is 11.9 Å². The maximum atomic E-state index is 11.6. The lowest BCUT2D eigenvalue weighted by atomic mass is 9.84. The third kappa shape index (κ3) is 5.98. The Morgan fingerprint density at radius 2 is 2.11 bits per heavy atom. The van der Waals surface area contributed by atoms with E-state index in [0.717, 1.165) is 0 Å². The van der Waals surface area contributed by atoms with Crippen molar-refractivity contribution in [1.82, 2.24) is 20.3 Å². The highest BCUT2D eigenvalue weighted by Crippen LogP contribution is 2.24. The van der Waals surface area contributed by atoms with Crippen LogP contribution < -0.4 is 5.32 Å². The Morgan fingerprint density at radius 1 is 1.42 bits per heavy atom. The van der Waals surface area contributed by atoms with Gasteiger partial charge in [-0.3, -0.25) is 9.59 Å². The number of rotatable bonds is 6. The van der Waals surface area contributed by atoms with Gasteiger partial charge in [0.2, 0.25) is 5.91 Å². The van der Waals surface area contributed by atoms with E-state index >= 15 is 0 Å². The molecule has 1 heterocycles. The van der Waals surface area contributed by atoms with Gasteiger partial charge in [0.05, 0.1) is 12.1 Å². The maximum absolute atomic E-state index is 11.6. The summed E-state index contributed by atoms with van der Waals surface area (Å²) in [6.45, 7) is 6.09. The Kier molecular flexibility index (Phi) is 5.02. The first-order chi connectivity index (χ1) is 8.78. The molecule has 1 amide bonds. The minimum absolute atomic E-state index is 0.0435. The van der Waals surface area contributed by atoms with Crippen molar-refractivity contribution in [1.29, 1.82) is 0 Å². The van der Waals surface area contributed by atoms with Gasteiger partial charge >= 0.3 is 5.97 Å². The van der Waals surface area contributed by atoms with Crippen molar-refractivity contribution in [2.24, 2.45) is 11.3 Å². The summed E-state index contributed by atoms with van der Waals surface area (Å²) in [5.41, 5.74) is -0.0975. The molecule has 0 fully saturated rings. The van der Waals surface area contributed by atoms with Crippen LogP contribution in [0.1, 0.15) is 27.2 Å². The maximum Gasteiger partial charge on any atom is 0.308 e. The van der Waals surface area contributed by atoms with Gasteiger partial charge in [-0.05, 0) is 11.8 Å². The molecule has 1 aromatic heterocycles. The molecule has 0 saturated heterocycles. The number of nitrogens with one attached hydrogen (secondary N) is 1. The fourth-order valence-electron chi connectivity index (χ4n) is 1.74. The molecule has 0 aliphatic heterocycles. The zero-order valence-electron chi connectivity index (χ0n) is 11.5. The normalized spacial score (nSPS) is 13.0. The van der Waals surface area contributed by atoms with Crippen molar-refractivity contribution in [3.63, 3.8) is 0 Å². The Labute approximate surface area is 112 Å². The Hall–Kier alpha value is -1.92. The SMILES string of the molecule is CC(C)(C)CC(CNC(=O)Cn1ccnn1)C(=O)O. The van der Waals surface area contributed by atoms with Gasteiger partial charge in [-0.2, -0.15) is 0 Å². The second kappa shape index (κ2) is 6.31. The van der Waals surface area contributed by atoms with Crippen molar-refractivity contribution in [2.45, 2.75) is 33.7 Å². The Morgan fingerprint density at radius 3 is 2.58 bits per heavy atom. The van der Waals surface area contributed by atoms with Gasteiger partial charge < -0.3 is 10.4 Å².